The molecule has 0 aliphatic carbocycles. The van der Waals surface area contributed by atoms with Crippen molar-refractivity contribution in [3.8, 4) is 0 Å². The van der Waals surface area contributed by atoms with E-state index >= 15 is 0 Å². The third kappa shape index (κ3) is 4.41. The summed E-state index contributed by atoms with van der Waals surface area (Å²) in [4.78, 5) is 31.1. The summed E-state index contributed by atoms with van der Waals surface area (Å²) in [7, 11) is 0. The summed E-state index contributed by atoms with van der Waals surface area (Å²) in [5.74, 6) is 0.121. The van der Waals surface area contributed by atoms with E-state index in [-0.39, 0.29) is 24.1 Å². The number of hydrogen-bond acceptors (Lipinski definition) is 4. The van der Waals surface area contributed by atoms with Crippen LogP contribution in [0.25, 0.3) is 0 Å². The second-order valence-corrected chi connectivity index (χ2v) is 6.08. The lowest BCUT2D eigenvalue weighted by Crippen LogP contribution is -2.32. The first-order chi connectivity index (χ1) is 13.1. The summed E-state index contributed by atoms with van der Waals surface area (Å²) in [6.45, 7) is 4.66. The molecule has 6 nitrogen and oxygen atoms in total. The molecule has 0 radical (unpaired) electrons. The molecule has 3 rings (SSSR count). The number of carbonyl (C=O) groups is 2. The summed E-state index contributed by atoms with van der Waals surface area (Å²) in [5, 5.41) is 2.76. The minimum absolute atomic E-state index is 0.226. The first-order valence-electron chi connectivity index (χ1n) is 8.73. The Bertz CT molecular complexity index is 935. The van der Waals surface area contributed by atoms with Crippen LogP contribution >= 0.6 is 0 Å². The van der Waals surface area contributed by atoms with Crippen LogP contribution in [0.4, 0.5) is 5.69 Å². The van der Waals surface area contributed by atoms with E-state index in [1.807, 2.05) is 38.1 Å². The Morgan fingerprint density at radius 3 is 2.70 bits per heavy atom. The maximum Gasteiger partial charge on any atom is 0.276 e. The van der Waals surface area contributed by atoms with Gasteiger partial charge in [0, 0.05) is 24.0 Å². The number of hydrogen-bond donors (Lipinski definition) is 1. The molecule has 27 heavy (non-hydrogen) atoms. The van der Waals surface area contributed by atoms with Gasteiger partial charge in [-0.1, -0.05) is 12.1 Å². The van der Waals surface area contributed by atoms with Crippen LogP contribution in [-0.2, 0) is 6.54 Å². The fraction of sp³-hybridized carbons (Fsp3) is 0.190. The largest absolute Gasteiger partial charge is 0.467 e. The number of nitrogens with one attached hydrogen (secondary N) is 1. The van der Waals surface area contributed by atoms with E-state index in [1.54, 1.807) is 29.4 Å². The average Bonchev–Trinajstić information content (AvgIpc) is 3.20. The van der Waals surface area contributed by atoms with Gasteiger partial charge in [0.1, 0.15) is 11.5 Å². The van der Waals surface area contributed by atoms with Gasteiger partial charge < -0.3 is 14.6 Å². The van der Waals surface area contributed by atoms with Crippen LogP contribution in [0.3, 0.4) is 0 Å². The van der Waals surface area contributed by atoms with Crippen molar-refractivity contribution in [2.45, 2.75) is 20.4 Å². The molecular weight excluding hydrogens is 342 g/mol. The highest BCUT2D eigenvalue weighted by Gasteiger charge is 2.19. The minimum atomic E-state index is -0.290. The quantitative estimate of drug-likeness (QED) is 0.726. The predicted octanol–water partition coefficient (Wildman–Crippen LogP) is 3.58. The molecule has 0 unspecified atom stereocenters. The normalized spacial score (nSPS) is 10.4. The van der Waals surface area contributed by atoms with Gasteiger partial charge in [0.15, 0.2) is 0 Å². The number of anilines is 1. The van der Waals surface area contributed by atoms with Crippen molar-refractivity contribution in [1.29, 1.82) is 0 Å². The van der Waals surface area contributed by atoms with Crippen molar-refractivity contribution in [1.82, 2.24) is 10.3 Å². The van der Waals surface area contributed by atoms with Gasteiger partial charge in [-0.2, -0.15) is 0 Å². The van der Waals surface area contributed by atoms with Gasteiger partial charge >= 0.3 is 0 Å². The summed E-state index contributed by atoms with van der Waals surface area (Å²) < 4.78 is 5.20. The van der Waals surface area contributed by atoms with Crippen molar-refractivity contribution >= 4 is 17.5 Å². The highest BCUT2D eigenvalue weighted by Crippen LogP contribution is 2.18. The molecule has 0 saturated carbocycles. The van der Waals surface area contributed by atoms with Crippen LogP contribution in [-0.4, -0.2) is 23.3 Å². The third-order valence-electron chi connectivity index (χ3n) is 4.12. The molecule has 138 valence electrons. The number of pyridine rings is 1. The van der Waals surface area contributed by atoms with Crippen LogP contribution < -0.4 is 10.2 Å². The van der Waals surface area contributed by atoms with Gasteiger partial charge in [-0.05, 0) is 55.8 Å². The Labute approximate surface area is 157 Å². The van der Waals surface area contributed by atoms with Crippen molar-refractivity contribution in [3.05, 3.63) is 83.6 Å². The molecule has 3 aromatic rings. The predicted molar refractivity (Wildman–Crippen MR) is 103 cm³/mol. The van der Waals surface area contributed by atoms with Gasteiger partial charge in [-0.3, -0.25) is 14.6 Å². The second kappa shape index (κ2) is 8.31. The molecule has 2 amide bonds. The van der Waals surface area contributed by atoms with E-state index in [4.69, 9.17) is 4.42 Å². The smallest absolute Gasteiger partial charge is 0.276 e. The SMILES string of the molecule is CCN(C(=O)c1cc(C(=O)NCc2ccco2)ccn1)c1cccc(C)c1. The van der Waals surface area contributed by atoms with Crippen LogP contribution in [0.2, 0.25) is 0 Å². The van der Waals surface area contributed by atoms with Crippen LogP contribution in [0.1, 0.15) is 39.1 Å². The maximum absolute atomic E-state index is 12.9. The lowest BCUT2D eigenvalue weighted by atomic mass is 10.1. The first kappa shape index (κ1) is 18.4. The third-order valence-corrected chi connectivity index (χ3v) is 4.12. The Morgan fingerprint density at radius 1 is 1.15 bits per heavy atom. The molecule has 2 heterocycles. The Balaban J connectivity index is 1.77. The molecule has 1 N–H and O–H groups in total. The molecular formula is C21H21N3O3. The van der Waals surface area contributed by atoms with E-state index in [0.717, 1.165) is 11.3 Å². The van der Waals surface area contributed by atoms with E-state index in [0.29, 0.717) is 17.9 Å². The Kier molecular flexibility index (Phi) is 5.66. The van der Waals surface area contributed by atoms with Crippen molar-refractivity contribution in [3.63, 3.8) is 0 Å². The number of furan rings is 1. The number of nitrogens with zero attached hydrogens (tertiary/aromatic N) is 2. The lowest BCUT2D eigenvalue weighted by molar-refractivity contribution is 0.0948. The number of aryl methyl sites for hydroxylation is 1. The molecule has 0 spiro atoms. The van der Waals surface area contributed by atoms with E-state index in [1.165, 1.54) is 12.3 Å². The first-order valence-corrected chi connectivity index (χ1v) is 8.73. The maximum atomic E-state index is 12.9. The molecule has 0 atom stereocenters. The minimum Gasteiger partial charge on any atom is -0.467 e. The average molecular weight is 363 g/mol. The molecule has 0 aliphatic rings. The standard InChI is InChI=1S/C21H21N3O3/c1-3-24(17-7-4-6-15(2)12-17)21(26)19-13-16(9-10-22-19)20(25)23-14-18-8-5-11-27-18/h4-13H,3,14H2,1-2H3,(H,23,25). The zero-order chi connectivity index (χ0) is 19.2. The zero-order valence-corrected chi connectivity index (χ0v) is 15.3. The van der Waals surface area contributed by atoms with Gasteiger partial charge in [0.2, 0.25) is 0 Å². The van der Waals surface area contributed by atoms with Gasteiger partial charge in [0.25, 0.3) is 11.8 Å². The van der Waals surface area contributed by atoms with Crippen molar-refractivity contribution < 1.29 is 14.0 Å². The number of benzene rings is 1. The number of amides is 2. The monoisotopic (exact) mass is 363 g/mol. The highest BCUT2D eigenvalue weighted by molar-refractivity contribution is 6.06. The molecule has 0 fully saturated rings. The molecule has 2 aromatic heterocycles. The fourth-order valence-electron chi connectivity index (χ4n) is 2.75. The zero-order valence-electron chi connectivity index (χ0n) is 15.3. The molecule has 6 heteroatoms. The van der Waals surface area contributed by atoms with E-state index in [9.17, 15) is 9.59 Å². The van der Waals surface area contributed by atoms with Gasteiger partial charge in [-0.25, -0.2) is 0 Å². The van der Waals surface area contributed by atoms with Crippen LogP contribution in [0, 0.1) is 6.92 Å². The summed E-state index contributed by atoms with van der Waals surface area (Å²) in [6.07, 6.45) is 3.02. The lowest BCUT2D eigenvalue weighted by Gasteiger charge is -2.21. The van der Waals surface area contributed by atoms with Gasteiger partial charge in [0.05, 0.1) is 12.8 Å². The van der Waals surface area contributed by atoms with E-state index < -0.39 is 0 Å². The van der Waals surface area contributed by atoms with Crippen molar-refractivity contribution in [2.75, 3.05) is 11.4 Å². The van der Waals surface area contributed by atoms with Crippen molar-refractivity contribution in [2.24, 2.45) is 0 Å². The second-order valence-electron chi connectivity index (χ2n) is 6.08. The summed E-state index contributed by atoms with van der Waals surface area (Å²) >= 11 is 0. The molecule has 0 aliphatic heterocycles. The Morgan fingerprint density at radius 2 is 2.00 bits per heavy atom. The van der Waals surface area contributed by atoms with Gasteiger partial charge in [-0.15, -0.1) is 0 Å². The molecule has 1 aromatic carbocycles. The Hall–Kier alpha value is -3.41. The summed E-state index contributed by atoms with van der Waals surface area (Å²) in [6, 6.07) is 14.3. The molecule has 0 saturated heterocycles. The van der Waals surface area contributed by atoms with Crippen LogP contribution in [0.15, 0.2) is 65.4 Å². The number of aromatic nitrogens is 1. The number of carbonyl (C=O) groups excluding carboxylic acids is 2. The number of rotatable bonds is 6. The highest BCUT2D eigenvalue weighted by atomic mass is 16.3. The van der Waals surface area contributed by atoms with Crippen LogP contribution in [0.5, 0.6) is 0 Å². The van der Waals surface area contributed by atoms with E-state index in [2.05, 4.69) is 10.3 Å². The topological polar surface area (TPSA) is 75.4 Å². The molecule has 0 bridgehead atoms. The summed E-state index contributed by atoms with van der Waals surface area (Å²) in [5.41, 5.74) is 2.47. The fourth-order valence-corrected chi connectivity index (χ4v) is 2.75.